The Labute approximate surface area is 224 Å². The molecule has 9 heteroatoms. The van der Waals surface area contributed by atoms with Gasteiger partial charge in [0, 0.05) is 73.3 Å². The average Bonchev–Trinajstić information content (AvgIpc) is 2.93. The van der Waals surface area contributed by atoms with E-state index in [-0.39, 0.29) is 23.5 Å². The molecule has 4 aromatic rings. The Morgan fingerprint density at radius 3 is 2.59 bits per heavy atom. The number of alkyl halides is 3. The fourth-order valence-electron chi connectivity index (χ4n) is 4.49. The lowest BCUT2D eigenvalue weighted by molar-refractivity contribution is -0.138. The molecule has 39 heavy (non-hydrogen) atoms. The number of carbonyl (C=O) groups is 1. The molecule has 0 radical (unpaired) electrons. The number of anilines is 1. The molecule has 0 bridgehead atoms. The van der Waals surface area contributed by atoms with Crippen molar-refractivity contribution in [2.75, 3.05) is 38.5 Å². The van der Waals surface area contributed by atoms with Gasteiger partial charge in [-0.05, 0) is 36.9 Å². The smallest absolute Gasteiger partial charge is 0.321 e. The molecule has 6 nitrogen and oxygen atoms in total. The molecular formula is C30H26F3N5O. The van der Waals surface area contributed by atoms with Gasteiger partial charge >= 0.3 is 6.18 Å². The molecule has 0 aliphatic carbocycles. The summed E-state index contributed by atoms with van der Waals surface area (Å²) in [5.74, 6) is 5.49. The number of nitrogens with zero attached hydrogens (tertiary/aromatic N) is 4. The van der Waals surface area contributed by atoms with Crippen molar-refractivity contribution < 1.29 is 18.0 Å². The van der Waals surface area contributed by atoms with Crippen molar-refractivity contribution in [2.24, 2.45) is 0 Å². The number of piperazine rings is 1. The van der Waals surface area contributed by atoms with Gasteiger partial charge in [-0.15, -0.1) is 0 Å². The van der Waals surface area contributed by atoms with E-state index in [1.54, 1.807) is 18.5 Å². The second kappa shape index (κ2) is 11.2. The van der Waals surface area contributed by atoms with Gasteiger partial charge in [0.1, 0.15) is 5.69 Å². The lowest BCUT2D eigenvalue weighted by atomic mass is 10.0. The van der Waals surface area contributed by atoms with Crippen LogP contribution in [0.5, 0.6) is 0 Å². The second-order valence-corrected chi connectivity index (χ2v) is 9.49. The number of rotatable bonds is 4. The van der Waals surface area contributed by atoms with E-state index in [1.807, 2.05) is 36.2 Å². The third-order valence-corrected chi connectivity index (χ3v) is 6.67. The zero-order valence-electron chi connectivity index (χ0n) is 21.3. The van der Waals surface area contributed by atoms with Gasteiger partial charge in [-0.2, -0.15) is 13.2 Å². The Morgan fingerprint density at radius 2 is 1.79 bits per heavy atom. The highest BCUT2D eigenvalue weighted by Gasteiger charge is 2.34. The summed E-state index contributed by atoms with van der Waals surface area (Å²) in [7, 11) is 2.00. The number of pyridine rings is 2. The van der Waals surface area contributed by atoms with Crippen LogP contribution in [0, 0.1) is 11.8 Å². The monoisotopic (exact) mass is 529 g/mol. The van der Waals surface area contributed by atoms with Crippen LogP contribution in [0.4, 0.5) is 18.9 Å². The maximum absolute atomic E-state index is 13.9. The summed E-state index contributed by atoms with van der Waals surface area (Å²) >= 11 is 0. The highest BCUT2D eigenvalue weighted by molar-refractivity contribution is 6.03. The lowest BCUT2D eigenvalue weighted by Crippen LogP contribution is -2.44. The third-order valence-electron chi connectivity index (χ3n) is 6.67. The van der Waals surface area contributed by atoms with Crippen molar-refractivity contribution in [1.29, 1.82) is 0 Å². The minimum Gasteiger partial charge on any atom is -0.321 e. The van der Waals surface area contributed by atoms with Crippen LogP contribution in [0.25, 0.3) is 10.8 Å². The number of likely N-dealkylation sites (N-methyl/N-ethyl adjacent to an activating group) is 1. The van der Waals surface area contributed by atoms with E-state index < -0.39 is 17.6 Å². The first-order chi connectivity index (χ1) is 18.8. The van der Waals surface area contributed by atoms with Crippen molar-refractivity contribution in [3.05, 3.63) is 101 Å². The number of nitrogens with one attached hydrogen (secondary N) is 1. The molecule has 198 valence electrons. The predicted octanol–water partition coefficient (Wildman–Crippen LogP) is 5.05. The molecule has 0 saturated carbocycles. The van der Waals surface area contributed by atoms with E-state index in [0.29, 0.717) is 18.7 Å². The number of aromatic nitrogens is 2. The van der Waals surface area contributed by atoms with Gasteiger partial charge in [-0.25, -0.2) is 0 Å². The first-order valence-electron chi connectivity index (χ1n) is 12.5. The number of benzene rings is 2. The molecule has 1 aliphatic heterocycles. The van der Waals surface area contributed by atoms with Crippen LogP contribution in [0.15, 0.2) is 73.2 Å². The molecule has 1 saturated heterocycles. The van der Waals surface area contributed by atoms with E-state index in [2.05, 4.69) is 32.0 Å². The second-order valence-electron chi connectivity index (χ2n) is 9.49. The van der Waals surface area contributed by atoms with Gasteiger partial charge in [0.2, 0.25) is 0 Å². The first-order valence-corrected chi connectivity index (χ1v) is 12.5. The van der Waals surface area contributed by atoms with E-state index >= 15 is 0 Å². The van der Waals surface area contributed by atoms with Crippen LogP contribution in [-0.4, -0.2) is 58.9 Å². The van der Waals surface area contributed by atoms with Crippen LogP contribution in [0.2, 0.25) is 0 Å². The summed E-state index contributed by atoms with van der Waals surface area (Å²) in [6.45, 7) is 3.23. The van der Waals surface area contributed by atoms with E-state index in [4.69, 9.17) is 0 Å². The molecule has 0 unspecified atom stereocenters. The van der Waals surface area contributed by atoms with Gasteiger partial charge in [0.15, 0.2) is 0 Å². The summed E-state index contributed by atoms with van der Waals surface area (Å²) in [5, 5.41) is 4.48. The molecule has 1 amide bonds. The Morgan fingerprint density at radius 1 is 1.00 bits per heavy atom. The Hall–Kier alpha value is -4.26. The molecule has 2 aromatic carbocycles. The highest BCUT2D eigenvalue weighted by atomic mass is 19.4. The lowest BCUT2D eigenvalue weighted by Gasteiger charge is -2.33. The van der Waals surface area contributed by atoms with Gasteiger partial charge in [-0.3, -0.25) is 19.7 Å². The minimum absolute atomic E-state index is 0.0490. The zero-order chi connectivity index (χ0) is 27.4. The van der Waals surface area contributed by atoms with Gasteiger partial charge < -0.3 is 10.2 Å². The Bertz CT molecular complexity index is 1560. The molecule has 5 rings (SSSR count). The standard InChI is InChI=1S/C30H26F3N5O/c1-37-12-14-38(15-13-37)20-24-8-9-25(17-27(24)30(31,32)33)36-29(39)28-16-21(10-11-35-28)6-7-23-19-34-18-22-4-2-3-5-26(22)23/h2-5,8-11,16-19H,12-15,20H2,1H3,(H,36,39). The molecule has 0 atom stereocenters. The van der Waals surface area contributed by atoms with Crippen LogP contribution < -0.4 is 5.32 Å². The van der Waals surface area contributed by atoms with Crippen molar-refractivity contribution in [3.63, 3.8) is 0 Å². The quantitative estimate of drug-likeness (QED) is 0.375. The van der Waals surface area contributed by atoms with Gasteiger partial charge in [0.25, 0.3) is 5.91 Å². The average molecular weight is 530 g/mol. The Kier molecular flexibility index (Phi) is 7.59. The van der Waals surface area contributed by atoms with Crippen molar-refractivity contribution in [3.8, 4) is 11.8 Å². The van der Waals surface area contributed by atoms with Crippen molar-refractivity contribution in [2.45, 2.75) is 12.7 Å². The topological polar surface area (TPSA) is 61.4 Å². The summed E-state index contributed by atoms with van der Waals surface area (Å²) in [4.78, 5) is 25.3. The maximum atomic E-state index is 13.9. The van der Waals surface area contributed by atoms with Crippen LogP contribution >= 0.6 is 0 Å². The molecule has 2 aromatic heterocycles. The third kappa shape index (κ3) is 6.42. The van der Waals surface area contributed by atoms with Crippen LogP contribution in [-0.2, 0) is 12.7 Å². The molecule has 3 heterocycles. The maximum Gasteiger partial charge on any atom is 0.416 e. The number of carbonyl (C=O) groups excluding carboxylic acids is 1. The fraction of sp³-hybridized carbons (Fsp3) is 0.233. The van der Waals surface area contributed by atoms with Crippen LogP contribution in [0.1, 0.15) is 32.7 Å². The SMILES string of the molecule is CN1CCN(Cc2ccc(NC(=O)c3cc(C#Cc4cncc5ccccc45)ccn3)cc2C(F)(F)F)CC1. The number of hydrogen-bond donors (Lipinski definition) is 1. The van der Waals surface area contributed by atoms with Crippen LogP contribution in [0.3, 0.4) is 0 Å². The zero-order valence-corrected chi connectivity index (χ0v) is 21.3. The van der Waals surface area contributed by atoms with Crippen molar-refractivity contribution >= 4 is 22.4 Å². The number of hydrogen-bond acceptors (Lipinski definition) is 5. The van der Waals surface area contributed by atoms with E-state index in [0.717, 1.165) is 35.5 Å². The number of halogens is 3. The minimum atomic E-state index is -4.55. The summed E-state index contributed by atoms with van der Waals surface area (Å²) in [6.07, 6.45) is 0.335. The molecule has 1 fully saturated rings. The molecule has 1 N–H and O–H groups in total. The summed E-state index contributed by atoms with van der Waals surface area (Å²) in [5.41, 5.74) is 0.815. The predicted molar refractivity (Wildman–Crippen MR) is 144 cm³/mol. The fourth-order valence-corrected chi connectivity index (χ4v) is 4.49. The summed E-state index contributed by atoms with van der Waals surface area (Å²) in [6, 6.07) is 14.8. The summed E-state index contributed by atoms with van der Waals surface area (Å²) < 4.78 is 41.7. The molecule has 1 aliphatic rings. The van der Waals surface area contributed by atoms with E-state index in [1.165, 1.54) is 24.4 Å². The van der Waals surface area contributed by atoms with Gasteiger partial charge in [0.05, 0.1) is 11.1 Å². The highest BCUT2D eigenvalue weighted by Crippen LogP contribution is 2.34. The largest absolute Gasteiger partial charge is 0.416 e. The van der Waals surface area contributed by atoms with Crippen molar-refractivity contribution in [1.82, 2.24) is 19.8 Å². The number of fused-ring (bicyclic) bond motifs is 1. The molecule has 0 spiro atoms. The number of amides is 1. The van der Waals surface area contributed by atoms with Gasteiger partial charge in [-0.1, -0.05) is 42.2 Å². The van der Waals surface area contributed by atoms with E-state index in [9.17, 15) is 18.0 Å². The normalized spacial score (nSPS) is 14.6. The molecular weight excluding hydrogens is 503 g/mol. The Balaban J connectivity index is 1.33. The first kappa shape index (κ1) is 26.4.